The van der Waals surface area contributed by atoms with Crippen LogP contribution in [0.2, 0.25) is 0 Å². The standard InChI is InChI=1S/C19H20N2O8S2/c1-12-11-30(24,25)21(18(12)22)15-7-8-16(28-2)17(10-15)31(26,27)20-14-6-4-5-13(9-14)19(23)29-3/h4-10,12,20H,11H2,1-3H3/t12-/m1/s1. The number of benzene rings is 2. The molecule has 1 aliphatic heterocycles. The first-order valence-electron chi connectivity index (χ1n) is 8.96. The van der Waals surface area contributed by atoms with Gasteiger partial charge in [-0.05, 0) is 36.4 Å². The molecule has 1 saturated heterocycles. The third-order valence-corrected chi connectivity index (χ3v) is 7.84. The lowest BCUT2D eigenvalue weighted by atomic mass is 10.2. The second-order valence-corrected chi connectivity index (χ2v) is 10.3. The number of carbonyl (C=O) groups excluding carboxylic acids is 2. The Kier molecular flexibility index (Phi) is 5.96. The molecule has 1 atom stereocenters. The molecule has 2 aromatic carbocycles. The normalized spacial score (nSPS) is 18.0. The molecule has 0 spiro atoms. The van der Waals surface area contributed by atoms with Crippen LogP contribution in [0.3, 0.4) is 0 Å². The summed E-state index contributed by atoms with van der Waals surface area (Å²) < 4.78 is 63.5. The molecule has 0 saturated carbocycles. The van der Waals surface area contributed by atoms with E-state index in [-0.39, 0.29) is 33.3 Å². The summed E-state index contributed by atoms with van der Waals surface area (Å²) in [6.07, 6.45) is 0. The van der Waals surface area contributed by atoms with Gasteiger partial charge < -0.3 is 9.47 Å². The van der Waals surface area contributed by atoms with Crippen molar-refractivity contribution >= 4 is 43.3 Å². The van der Waals surface area contributed by atoms with E-state index in [0.717, 1.165) is 6.07 Å². The van der Waals surface area contributed by atoms with Gasteiger partial charge in [-0.1, -0.05) is 13.0 Å². The number of rotatable bonds is 6. The molecule has 0 radical (unpaired) electrons. The Morgan fingerprint density at radius 1 is 1.16 bits per heavy atom. The van der Waals surface area contributed by atoms with Gasteiger partial charge in [0.1, 0.15) is 10.6 Å². The molecule has 0 aromatic heterocycles. The smallest absolute Gasteiger partial charge is 0.337 e. The van der Waals surface area contributed by atoms with Gasteiger partial charge in [0.15, 0.2) is 0 Å². The largest absolute Gasteiger partial charge is 0.495 e. The Morgan fingerprint density at radius 2 is 1.87 bits per heavy atom. The fraction of sp³-hybridized carbons (Fsp3) is 0.263. The van der Waals surface area contributed by atoms with E-state index in [1.165, 1.54) is 57.5 Å². The molecule has 1 fully saturated rings. The first-order chi connectivity index (χ1) is 14.5. The van der Waals surface area contributed by atoms with Gasteiger partial charge in [-0.25, -0.2) is 25.9 Å². The SMILES string of the molecule is COC(=O)c1cccc(NS(=O)(=O)c2cc(N3C(=O)[C@H](C)CS3(=O)=O)ccc2OC)c1. The van der Waals surface area contributed by atoms with Crippen molar-refractivity contribution in [2.45, 2.75) is 11.8 Å². The van der Waals surface area contributed by atoms with E-state index in [9.17, 15) is 26.4 Å². The van der Waals surface area contributed by atoms with Gasteiger partial charge in [0.05, 0.1) is 37.1 Å². The van der Waals surface area contributed by atoms with Crippen LogP contribution in [0.25, 0.3) is 0 Å². The third kappa shape index (κ3) is 4.35. The fourth-order valence-electron chi connectivity index (χ4n) is 3.13. The van der Waals surface area contributed by atoms with Crippen molar-refractivity contribution in [3.05, 3.63) is 48.0 Å². The van der Waals surface area contributed by atoms with Crippen molar-refractivity contribution in [2.24, 2.45) is 5.92 Å². The van der Waals surface area contributed by atoms with Crippen molar-refractivity contribution in [3.8, 4) is 5.75 Å². The van der Waals surface area contributed by atoms with Crippen molar-refractivity contribution in [3.63, 3.8) is 0 Å². The van der Waals surface area contributed by atoms with E-state index in [2.05, 4.69) is 9.46 Å². The molecule has 0 aliphatic carbocycles. The van der Waals surface area contributed by atoms with Crippen LogP contribution in [0.5, 0.6) is 5.75 Å². The summed E-state index contributed by atoms with van der Waals surface area (Å²) in [4.78, 5) is 23.7. The topological polar surface area (TPSA) is 136 Å². The zero-order chi connectivity index (χ0) is 23.0. The Labute approximate surface area is 179 Å². The van der Waals surface area contributed by atoms with Crippen LogP contribution >= 0.6 is 0 Å². The zero-order valence-corrected chi connectivity index (χ0v) is 18.5. The summed E-state index contributed by atoms with van der Waals surface area (Å²) in [5.74, 6) is -2.46. The quantitative estimate of drug-likeness (QED) is 0.631. The van der Waals surface area contributed by atoms with Crippen LogP contribution in [0.4, 0.5) is 11.4 Å². The van der Waals surface area contributed by atoms with Gasteiger partial charge in [-0.2, -0.15) is 0 Å². The van der Waals surface area contributed by atoms with Gasteiger partial charge in [0.25, 0.3) is 10.0 Å². The lowest BCUT2D eigenvalue weighted by molar-refractivity contribution is -0.119. The van der Waals surface area contributed by atoms with Gasteiger partial charge in [-0.3, -0.25) is 9.52 Å². The monoisotopic (exact) mass is 468 g/mol. The van der Waals surface area contributed by atoms with E-state index in [4.69, 9.17) is 4.74 Å². The lowest BCUT2D eigenvalue weighted by Crippen LogP contribution is -2.30. The summed E-state index contributed by atoms with van der Waals surface area (Å²) in [5, 5.41) is 0. The van der Waals surface area contributed by atoms with Crippen LogP contribution in [0.15, 0.2) is 47.4 Å². The van der Waals surface area contributed by atoms with Crippen LogP contribution < -0.4 is 13.8 Å². The van der Waals surface area contributed by atoms with E-state index < -0.39 is 37.8 Å². The second-order valence-electron chi connectivity index (χ2n) is 6.80. The van der Waals surface area contributed by atoms with Gasteiger partial charge >= 0.3 is 5.97 Å². The van der Waals surface area contributed by atoms with Gasteiger partial charge in [0, 0.05) is 5.69 Å². The maximum atomic E-state index is 13.0. The number of methoxy groups -OCH3 is 2. The molecular weight excluding hydrogens is 448 g/mol. The van der Waals surface area contributed by atoms with Crippen LogP contribution in [0.1, 0.15) is 17.3 Å². The van der Waals surface area contributed by atoms with Crippen molar-refractivity contribution in [1.82, 2.24) is 0 Å². The molecule has 3 rings (SSSR count). The van der Waals surface area contributed by atoms with Gasteiger partial charge in [-0.15, -0.1) is 0 Å². The maximum absolute atomic E-state index is 13.0. The predicted molar refractivity (Wildman–Crippen MR) is 112 cm³/mol. The Morgan fingerprint density at radius 3 is 2.45 bits per heavy atom. The number of ether oxygens (including phenoxy) is 2. The zero-order valence-electron chi connectivity index (χ0n) is 16.9. The number of carbonyl (C=O) groups is 2. The maximum Gasteiger partial charge on any atom is 0.337 e. The second kappa shape index (κ2) is 8.19. The van der Waals surface area contributed by atoms with Crippen LogP contribution in [-0.4, -0.2) is 48.7 Å². The summed E-state index contributed by atoms with van der Waals surface area (Å²) in [6.45, 7) is 1.48. The first-order valence-corrected chi connectivity index (χ1v) is 12.1. The molecule has 1 aliphatic rings. The molecular formula is C19H20N2O8S2. The highest BCUT2D eigenvalue weighted by Crippen LogP contribution is 2.34. The highest BCUT2D eigenvalue weighted by molar-refractivity contribution is 7.94. The molecule has 12 heteroatoms. The molecule has 0 bridgehead atoms. The molecule has 1 amide bonds. The van der Waals surface area contributed by atoms with Crippen molar-refractivity contribution in [2.75, 3.05) is 29.0 Å². The molecule has 2 aromatic rings. The number of anilines is 2. The molecule has 10 nitrogen and oxygen atoms in total. The number of esters is 1. The Bertz CT molecular complexity index is 1260. The summed E-state index contributed by atoms with van der Waals surface area (Å²) in [7, 11) is -5.75. The average Bonchev–Trinajstić information content (AvgIpc) is 2.93. The summed E-state index contributed by atoms with van der Waals surface area (Å²) in [6, 6.07) is 9.25. The fourth-order valence-corrected chi connectivity index (χ4v) is 6.18. The molecule has 1 heterocycles. The average molecular weight is 469 g/mol. The molecule has 1 N–H and O–H groups in total. The minimum Gasteiger partial charge on any atom is -0.495 e. The number of hydrogen-bond acceptors (Lipinski definition) is 8. The number of sulfonamides is 2. The molecule has 31 heavy (non-hydrogen) atoms. The van der Waals surface area contributed by atoms with Crippen molar-refractivity contribution in [1.29, 1.82) is 0 Å². The lowest BCUT2D eigenvalue weighted by Gasteiger charge is -2.18. The number of amides is 1. The third-order valence-electron chi connectivity index (χ3n) is 4.57. The minimum atomic E-state index is -4.29. The van der Waals surface area contributed by atoms with E-state index in [1.807, 2.05) is 0 Å². The van der Waals surface area contributed by atoms with E-state index >= 15 is 0 Å². The minimum absolute atomic E-state index is 0.0579. The van der Waals surface area contributed by atoms with Crippen LogP contribution in [0, 0.1) is 5.92 Å². The number of nitrogens with zero attached hydrogens (tertiary/aromatic N) is 1. The molecule has 166 valence electrons. The predicted octanol–water partition coefficient (Wildman–Crippen LogP) is 1.60. The Balaban J connectivity index is 2.04. The van der Waals surface area contributed by atoms with Crippen LogP contribution in [-0.2, 0) is 29.6 Å². The van der Waals surface area contributed by atoms with Gasteiger partial charge in [0.2, 0.25) is 15.9 Å². The summed E-state index contributed by atoms with van der Waals surface area (Å²) in [5.41, 5.74) is 0.0962. The summed E-state index contributed by atoms with van der Waals surface area (Å²) >= 11 is 0. The van der Waals surface area contributed by atoms with E-state index in [0.29, 0.717) is 4.31 Å². The first kappa shape index (κ1) is 22.6. The highest BCUT2D eigenvalue weighted by atomic mass is 32.2. The van der Waals surface area contributed by atoms with Crippen molar-refractivity contribution < 1.29 is 35.9 Å². The Hall–Kier alpha value is -3.12. The number of nitrogens with one attached hydrogen (secondary N) is 1. The number of hydrogen-bond donors (Lipinski definition) is 1. The highest BCUT2D eigenvalue weighted by Gasteiger charge is 2.42. The molecule has 0 unspecified atom stereocenters. The van der Waals surface area contributed by atoms with E-state index in [1.54, 1.807) is 0 Å².